The Morgan fingerprint density at radius 2 is 2.19 bits per heavy atom. The van der Waals surface area contributed by atoms with E-state index in [9.17, 15) is 9.59 Å². The molecule has 7 heteroatoms. The minimum absolute atomic E-state index is 0.100. The summed E-state index contributed by atoms with van der Waals surface area (Å²) in [6.07, 6.45) is 0.721. The van der Waals surface area contributed by atoms with E-state index in [1.54, 1.807) is 11.8 Å². The molecular weight excluding hydrogens is 306 g/mol. The van der Waals surface area contributed by atoms with E-state index < -0.39 is 5.54 Å². The largest absolute Gasteiger partial charge is 0.325 e. The second-order valence-electron chi connectivity index (χ2n) is 5.28. The molecule has 2 aliphatic heterocycles. The van der Waals surface area contributed by atoms with Crippen LogP contribution in [-0.2, 0) is 11.3 Å². The van der Waals surface area contributed by atoms with Gasteiger partial charge in [0, 0.05) is 5.75 Å². The summed E-state index contributed by atoms with van der Waals surface area (Å²) in [4.78, 5) is 30.5. The van der Waals surface area contributed by atoms with E-state index in [-0.39, 0.29) is 18.5 Å². The number of hydrogen-bond acceptors (Lipinski definition) is 5. The second kappa shape index (κ2) is 4.71. The quantitative estimate of drug-likeness (QED) is 0.862. The Labute approximate surface area is 129 Å². The number of thiazole rings is 1. The molecule has 0 radical (unpaired) electrons. The molecule has 1 N–H and O–H groups in total. The fraction of sp³-hybridized carbons (Fsp3) is 0.357. The molecule has 0 saturated carbocycles. The summed E-state index contributed by atoms with van der Waals surface area (Å²) < 4.78 is 1.07. The maximum atomic E-state index is 12.6. The lowest BCUT2D eigenvalue weighted by atomic mass is 9.99. The number of carbonyl (C=O) groups excluding carboxylic acids is 2. The van der Waals surface area contributed by atoms with Gasteiger partial charge in [-0.05, 0) is 24.3 Å². The molecule has 4 rings (SSSR count). The Balaban J connectivity index is 1.61. The number of aromatic nitrogens is 1. The zero-order valence-electron chi connectivity index (χ0n) is 11.2. The van der Waals surface area contributed by atoms with E-state index in [0.717, 1.165) is 27.4 Å². The fourth-order valence-corrected chi connectivity index (χ4v) is 5.06. The topological polar surface area (TPSA) is 62.3 Å². The number of amides is 3. The molecule has 0 bridgehead atoms. The van der Waals surface area contributed by atoms with Gasteiger partial charge in [-0.15, -0.1) is 11.3 Å². The van der Waals surface area contributed by atoms with Crippen molar-refractivity contribution >= 4 is 45.3 Å². The second-order valence-corrected chi connectivity index (χ2v) is 7.50. The number of hydrogen-bond donors (Lipinski definition) is 1. The molecule has 21 heavy (non-hydrogen) atoms. The van der Waals surface area contributed by atoms with Crippen LogP contribution in [0.3, 0.4) is 0 Å². The molecule has 5 nitrogen and oxygen atoms in total. The van der Waals surface area contributed by atoms with Crippen LogP contribution in [0.2, 0.25) is 0 Å². The van der Waals surface area contributed by atoms with Crippen LogP contribution in [0.1, 0.15) is 11.4 Å². The Hall–Kier alpha value is -1.60. The molecule has 2 fully saturated rings. The van der Waals surface area contributed by atoms with E-state index in [4.69, 9.17) is 0 Å². The van der Waals surface area contributed by atoms with Gasteiger partial charge in [-0.3, -0.25) is 9.69 Å². The van der Waals surface area contributed by atoms with Crippen molar-refractivity contribution < 1.29 is 9.59 Å². The van der Waals surface area contributed by atoms with E-state index in [1.807, 2.05) is 24.3 Å². The average Bonchev–Trinajstić information content (AvgIpc) is 3.14. The maximum Gasteiger partial charge on any atom is 0.325 e. The molecule has 2 aromatic rings. The van der Waals surface area contributed by atoms with E-state index in [1.165, 1.54) is 16.2 Å². The predicted molar refractivity (Wildman–Crippen MR) is 83.4 cm³/mol. The van der Waals surface area contributed by atoms with Crippen LogP contribution in [0.15, 0.2) is 24.3 Å². The molecule has 1 aromatic heterocycles. The molecule has 1 atom stereocenters. The van der Waals surface area contributed by atoms with Crippen LogP contribution in [0.4, 0.5) is 4.79 Å². The molecule has 2 saturated heterocycles. The van der Waals surface area contributed by atoms with Crippen LogP contribution in [0.5, 0.6) is 0 Å². The normalized spacial score (nSPS) is 25.2. The minimum Gasteiger partial charge on any atom is -0.322 e. The van der Waals surface area contributed by atoms with Gasteiger partial charge >= 0.3 is 6.03 Å². The number of thioether (sulfide) groups is 1. The van der Waals surface area contributed by atoms with Crippen LogP contribution >= 0.6 is 23.1 Å². The Bertz CT molecular complexity index is 704. The minimum atomic E-state index is -0.668. The monoisotopic (exact) mass is 319 g/mol. The van der Waals surface area contributed by atoms with Crippen molar-refractivity contribution in [2.24, 2.45) is 0 Å². The lowest BCUT2D eigenvalue weighted by Crippen LogP contribution is -2.46. The average molecular weight is 319 g/mol. The van der Waals surface area contributed by atoms with Crippen LogP contribution in [0, 0.1) is 0 Å². The summed E-state index contributed by atoms with van der Waals surface area (Å²) in [5, 5.41) is 3.67. The number of nitrogens with one attached hydrogen (secondary N) is 1. The van der Waals surface area contributed by atoms with Crippen molar-refractivity contribution in [3.05, 3.63) is 29.3 Å². The highest BCUT2D eigenvalue weighted by Crippen LogP contribution is 2.34. The number of urea groups is 1. The molecular formula is C14H13N3O2S2. The van der Waals surface area contributed by atoms with Crippen molar-refractivity contribution in [3.63, 3.8) is 0 Å². The van der Waals surface area contributed by atoms with Gasteiger partial charge in [0.1, 0.15) is 10.5 Å². The van der Waals surface area contributed by atoms with Crippen LogP contribution in [-0.4, -0.2) is 38.9 Å². The summed E-state index contributed by atoms with van der Waals surface area (Å²) >= 11 is 3.24. The lowest BCUT2D eigenvalue weighted by Gasteiger charge is -2.18. The molecule has 3 amide bonds. The molecule has 2 aliphatic rings. The van der Waals surface area contributed by atoms with Crippen molar-refractivity contribution in [2.75, 3.05) is 11.5 Å². The Morgan fingerprint density at radius 3 is 2.95 bits per heavy atom. The fourth-order valence-electron chi connectivity index (χ4n) is 2.77. The number of nitrogens with zero attached hydrogens (tertiary/aromatic N) is 2. The third-order valence-corrected chi connectivity index (χ3v) is 6.11. The van der Waals surface area contributed by atoms with Gasteiger partial charge in [-0.25, -0.2) is 9.78 Å². The van der Waals surface area contributed by atoms with E-state index >= 15 is 0 Å². The van der Waals surface area contributed by atoms with Gasteiger partial charge in [0.25, 0.3) is 5.91 Å². The highest BCUT2D eigenvalue weighted by molar-refractivity contribution is 7.99. The lowest BCUT2D eigenvalue weighted by molar-refractivity contribution is -0.130. The number of fused-ring (bicyclic) bond motifs is 1. The summed E-state index contributed by atoms with van der Waals surface area (Å²) in [6, 6.07) is 7.54. The highest BCUT2D eigenvalue weighted by atomic mass is 32.2. The summed E-state index contributed by atoms with van der Waals surface area (Å²) in [7, 11) is 0. The van der Waals surface area contributed by atoms with Gasteiger partial charge in [0.05, 0.1) is 16.8 Å². The third-order valence-electron chi connectivity index (χ3n) is 3.90. The van der Waals surface area contributed by atoms with Gasteiger partial charge in [0.2, 0.25) is 0 Å². The first kappa shape index (κ1) is 13.1. The van der Waals surface area contributed by atoms with E-state index in [2.05, 4.69) is 10.3 Å². The first-order valence-electron chi connectivity index (χ1n) is 6.74. The van der Waals surface area contributed by atoms with Gasteiger partial charge in [-0.2, -0.15) is 11.8 Å². The van der Waals surface area contributed by atoms with Gasteiger partial charge in [0.15, 0.2) is 0 Å². The van der Waals surface area contributed by atoms with Gasteiger partial charge < -0.3 is 5.32 Å². The van der Waals surface area contributed by atoms with Crippen molar-refractivity contribution in [3.8, 4) is 0 Å². The standard InChI is InChI=1S/C14H13N3O2S2/c18-12-14(5-6-20-8-14)16-13(19)17(12)7-11-15-9-3-1-2-4-10(9)21-11/h1-4H,5-8H2,(H,16,19). The number of benzene rings is 1. The highest BCUT2D eigenvalue weighted by Gasteiger charge is 2.52. The third kappa shape index (κ3) is 2.03. The number of imide groups is 1. The first-order chi connectivity index (χ1) is 10.2. The summed E-state index contributed by atoms with van der Waals surface area (Å²) in [6.45, 7) is 0.260. The number of rotatable bonds is 2. The Kier molecular flexibility index (Phi) is 2.93. The molecule has 3 heterocycles. The summed E-state index contributed by atoms with van der Waals surface area (Å²) in [5.74, 6) is 1.49. The smallest absolute Gasteiger partial charge is 0.322 e. The van der Waals surface area contributed by atoms with Crippen molar-refractivity contribution in [1.82, 2.24) is 15.2 Å². The molecule has 0 aliphatic carbocycles. The first-order valence-corrected chi connectivity index (χ1v) is 8.71. The van der Waals surface area contributed by atoms with Crippen molar-refractivity contribution in [2.45, 2.75) is 18.5 Å². The molecule has 108 valence electrons. The van der Waals surface area contributed by atoms with Crippen molar-refractivity contribution in [1.29, 1.82) is 0 Å². The van der Waals surface area contributed by atoms with Crippen LogP contribution in [0.25, 0.3) is 10.2 Å². The summed E-state index contributed by atoms with van der Waals surface area (Å²) in [5.41, 5.74) is 0.244. The molecule has 1 aromatic carbocycles. The molecule has 1 unspecified atom stereocenters. The predicted octanol–water partition coefficient (Wildman–Crippen LogP) is 2.22. The van der Waals surface area contributed by atoms with E-state index in [0.29, 0.717) is 5.75 Å². The van der Waals surface area contributed by atoms with Gasteiger partial charge in [-0.1, -0.05) is 12.1 Å². The number of para-hydroxylation sites is 1. The maximum absolute atomic E-state index is 12.6. The molecule has 1 spiro atoms. The SMILES string of the molecule is O=C1NC2(CCSC2)C(=O)N1Cc1nc2ccccc2s1. The van der Waals surface area contributed by atoms with Crippen LogP contribution < -0.4 is 5.32 Å². The Morgan fingerprint density at radius 1 is 1.33 bits per heavy atom. The zero-order valence-corrected chi connectivity index (χ0v) is 12.8. The number of carbonyl (C=O) groups is 2. The zero-order chi connectivity index (χ0) is 14.4.